The first-order valence-corrected chi connectivity index (χ1v) is 5.42. The van der Waals surface area contributed by atoms with E-state index < -0.39 is 5.91 Å². The molecule has 0 aromatic carbocycles. The van der Waals surface area contributed by atoms with Gasteiger partial charge in [-0.25, -0.2) is 0 Å². The van der Waals surface area contributed by atoms with Gasteiger partial charge in [0.15, 0.2) is 0 Å². The molecule has 0 fully saturated rings. The lowest BCUT2D eigenvalue weighted by Gasteiger charge is -2.18. The third kappa shape index (κ3) is 3.39. The maximum absolute atomic E-state index is 10.8. The summed E-state index contributed by atoms with van der Waals surface area (Å²) in [7, 11) is 0. The fraction of sp³-hybridized carbons (Fsp3) is 0.364. The Balaban J connectivity index is 2.60. The second-order valence-electron chi connectivity index (χ2n) is 3.79. The number of hydrogen-bond acceptors (Lipinski definition) is 3. The summed E-state index contributed by atoms with van der Waals surface area (Å²) in [5.74, 6) is 2.25. The molecule has 0 atom stereocenters. The molecule has 0 aliphatic rings. The molecule has 0 aliphatic carbocycles. The van der Waals surface area contributed by atoms with Crippen LogP contribution < -0.4 is 11.1 Å². The molecule has 0 saturated heterocycles. The molecule has 0 radical (unpaired) electrons. The van der Waals surface area contributed by atoms with E-state index in [4.69, 9.17) is 12.2 Å². The highest BCUT2D eigenvalue weighted by Crippen LogP contribution is 2.15. The third-order valence-electron chi connectivity index (χ3n) is 2.00. The minimum atomic E-state index is -0.395. The number of carbonyl (C=O) groups excluding carboxylic acids is 1. The van der Waals surface area contributed by atoms with Crippen LogP contribution in [0.15, 0.2) is 11.4 Å². The van der Waals surface area contributed by atoms with Gasteiger partial charge in [-0.05, 0) is 19.9 Å². The van der Waals surface area contributed by atoms with Gasteiger partial charge in [0.25, 0.3) is 0 Å². The molecule has 0 saturated carbocycles. The van der Waals surface area contributed by atoms with Crippen LogP contribution in [0.2, 0.25) is 0 Å². The molecule has 0 bridgehead atoms. The van der Waals surface area contributed by atoms with E-state index in [1.807, 2.05) is 13.8 Å². The summed E-state index contributed by atoms with van der Waals surface area (Å²) < 4.78 is 0. The number of hydrogen-bond donors (Lipinski definition) is 2. The number of terminal acetylenes is 1. The van der Waals surface area contributed by atoms with Crippen LogP contribution in [0.25, 0.3) is 0 Å². The smallest absolute Gasteiger partial charge is 0.249 e. The van der Waals surface area contributed by atoms with Crippen molar-refractivity contribution in [1.82, 2.24) is 5.32 Å². The van der Waals surface area contributed by atoms with Gasteiger partial charge in [-0.2, -0.15) is 0 Å². The van der Waals surface area contributed by atoms with Crippen molar-refractivity contribution in [3.8, 4) is 12.3 Å². The first-order chi connectivity index (χ1) is 6.94. The molecule has 1 rings (SSSR count). The van der Waals surface area contributed by atoms with Gasteiger partial charge >= 0.3 is 0 Å². The highest BCUT2D eigenvalue weighted by molar-refractivity contribution is 7.10. The minimum Gasteiger partial charge on any atom is -0.366 e. The normalized spacial score (nSPS) is 11.0. The quantitative estimate of drug-likeness (QED) is 0.755. The van der Waals surface area contributed by atoms with Crippen molar-refractivity contribution in [2.75, 3.05) is 0 Å². The zero-order valence-corrected chi connectivity index (χ0v) is 9.65. The minimum absolute atomic E-state index is 0.336. The second-order valence-corrected chi connectivity index (χ2v) is 4.78. The lowest BCUT2D eigenvalue weighted by Crippen LogP contribution is -2.36. The van der Waals surface area contributed by atoms with E-state index >= 15 is 0 Å². The summed E-state index contributed by atoms with van der Waals surface area (Å²) in [6.07, 6.45) is 5.34. The maximum Gasteiger partial charge on any atom is 0.249 e. The Morgan fingerprint density at radius 1 is 1.73 bits per heavy atom. The molecule has 0 spiro atoms. The Morgan fingerprint density at radius 3 is 2.87 bits per heavy atom. The average Bonchev–Trinajstić information content (AvgIpc) is 2.63. The van der Waals surface area contributed by atoms with E-state index in [0.717, 1.165) is 4.88 Å². The number of primary amides is 1. The number of nitrogens with two attached hydrogens (primary N) is 1. The van der Waals surface area contributed by atoms with Crippen LogP contribution in [0.4, 0.5) is 0 Å². The average molecular weight is 222 g/mol. The zero-order valence-electron chi connectivity index (χ0n) is 8.83. The molecule has 1 heterocycles. The second kappa shape index (κ2) is 4.47. The largest absolute Gasteiger partial charge is 0.366 e. The topological polar surface area (TPSA) is 55.1 Å². The first-order valence-electron chi connectivity index (χ1n) is 4.54. The molecule has 15 heavy (non-hydrogen) atoms. The van der Waals surface area contributed by atoms with Gasteiger partial charge in [0.1, 0.15) is 0 Å². The molecule has 0 aliphatic heterocycles. The van der Waals surface area contributed by atoms with E-state index in [2.05, 4.69) is 11.2 Å². The molecule has 1 aromatic rings. The van der Waals surface area contributed by atoms with Gasteiger partial charge in [0.05, 0.1) is 11.1 Å². The van der Waals surface area contributed by atoms with Crippen LogP contribution in [0.3, 0.4) is 0 Å². The zero-order chi connectivity index (χ0) is 11.5. The summed E-state index contributed by atoms with van der Waals surface area (Å²) in [6.45, 7) is 4.50. The van der Waals surface area contributed by atoms with Crippen LogP contribution in [0.5, 0.6) is 0 Å². The Bertz CT molecular complexity index is 401. The molecule has 1 amide bonds. The van der Waals surface area contributed by atoms with E-state index in [1.54, 1.807) is 11.4 Å². The fourth-order valence-electron chi connectivity index (χ4n) is 0.962. The number of thiophene rings is 1. The monoisotopic (exact) mass is 222 g/mol. The van der Waals surface area contributed by atoms with Gasteiger partial charge < -0.3 is 5.73 Å². The SMILES string of the molecule is C#CC(C)(C)NCc1cc(C(N)=O)cs1. The number of carbonyl (C=O) groups is 1. The van der Waals surface area contributed by atoms with E-state index in [-0.39, 0.29) is 5.54 Å². The lowest BCUT2D eigenvalue weighted by molar-refractivity contribution is 0.100. The highest BCUT2D eigenvalue weighted by atomic mass is 32.1. The summed E-state index contributed by atoms with van der Waals surface area (Å²) >= 11 is 1.50. The fourth-order valence-corrected chi connectivity index (χ4v) is 1.77. The number of amides is 1. The van der Waals surface area contributed by atoms with Crippen molar-refractivity contribution in [2.45, 2.75) is 25.9 Å². The Labute approximate surface area is 93.7 Å². The van der Waals surface area contributed by atoms with E-state index in [9.17, 15) is 4.79 Å². The predicted octanol–water partition coefficient (Wildman–Crippen LogP) is 1.35. The van der Waals surface area contributed by atoms with Gasteiger partial charge in [0, 0.05) is 16.8 Å². The van der Waals surface area contributed by atoms with Crippen LogP contribution in [-0.2, 0) is 6.54 Å². The maximum atomic E-state index is 10.8. The van der Waals surface area contributed by atoms with Gasteiger partial charge in [-0.3, -0.25) is 10.1 Å². The van der Waals surface area contributed by atoms with Gasteiger partial charge in [-0.15, -0.1) is 17.8 Å². The standard InChI is InChI=1S/C11H14N2OS/c1-4-11(2,3)13-6-9-5-8(7-15-9)10(12)14/h1,5,7,13H,6H2,2-3H3,(H2,12,14). The molecule has 1 aromatic heterocycles. The summed E-state index contributed by atoms with van der Waals surface area (Å²) in [6, 6.07) is 1.78. The molecular weight excluding hydrogens is 208 g/mol. The first kappa shape index (κ1) is 11.8. The molecule has 3 nitrogen and oxygen atoms in total. The summed E-state index contributed by atoms with van der Waals surface area (Å²) in [5, 5.41) is 4.95. The highest BCUT2D eigenvalue weighted by Gasteiger charge is 2.13. The Hall–Kier alpha value is -1.31. The summed E-state index contributed by atoms with van der Waals surface area (Å²) in [4.78, 5) is 11.9. The van der Waals surface area contributed by atoms with Crippen LogP contribution in [-0.4, -0.2) is 11.4 Å². The Morgan fingerprint density at radius 2 is 2.40 bits per heavy atom. The van der Waals surface area contributed by atoms with Crippen molar-refractivity contribution >= 4 is 17.2 Å². The van der Waals surface area contributed by atoms with E-state index in [1.165, 1.54) is 11.3 Å². The van der Waals surface area contributed by atoms with Crippen LogP contribution in [0, 0.1) is 12.3 Å². The van der Waals surface area contributed by atoms with E-state index in [0.29, 0.717) is 12.1 Å². The number of rotatable bonds is 4. The lowest BCUT2D eigenvalue weighted by atomic mass is 10.1. The van der Waals surface area contributed by atoms with Crippen molar-refractivity contribution < 1.29 is 4.79 Å². The predicted molar refractivity (Wildman–Crippen MR) is 62.6 cm³/mol. The Kier molecular flexibility index (Phi) is 3.51. The van der Waals surface area contributed by atoms with Crippen molar-refractivity contribution in [1.29, 1.82) is 0 Å². The van der Waals surface area contributed by atoms with Crippen molar-refractivity contribution in [3.63, 3.8) is 0 Å². The van der Waals surface area contributed by atoms with Gasteiger partial charge in [0.2, 0.25) is 5.91 Å². The van der Waals surface area contributed by atoms with Crippen LogP contribution in [0.1, 0.15) is 29.1 Å². The molecule has 80 valence electrons. The molecule has 4 heteroatoms. The molecule has 3 N–H and O–H groups in total. The van der Waals surface area contributed by atoms with Crippen LogP contribution >= 0.6 is 11.3 Å². The molecular formula is C11H14N2OS. The van der Waals surface area contributed by atoms with Gasteiger partial charge in [-0.1, -0.05) is 5.92 Å². The number of nitrogens with one attached hydrogen (secondary N) is 1. The third-order valence-corrected chi connectivity index (χ3v) is 2.94. The van der Waals surface area contributed by atoms with Crippen molar-refractivity contribution in [2.24, 2.45) is 5.73 Å². The summed E-state index contributed by atoms with van der Waals surface area (Å²) in [5.41, 5.74) is 5.36. The van der Waals surface area contributed by atoms with Crippen molar-refractivity contribution in [3.05, 3.63) is 21.9 Å². The molecule has 0 unspecified atom stereocenters.